The molecule has 1 heterocycles. The van der Waals surface area contributed by atoms with Gasteiger partial charge in [0.15, 0.2) is 0 Å². The number of pyridine rings is 1. The molecule has 0 bridgehead atoms. The highest BCUT2D eigenvalue weighted by Gasteiger charge is 2.06. The van der Waals surface area contributed by atoms with E-state index in [1.165, 1.54) is 21.8 Å². The molecule has 0 aliphatic heterocycles. The van der Waals surface area contributed by atoms with E-state index in [-0.39, 0.29) is 0 Å². The second-order valence-corrected chi connectivity index (χ2v) is 5.53. The molecule has 0 aliphatic rings. The fourth-order valence-electron chi connectivity index (χ4n) is 2.92. The zero-order valence-corrected chi connectivity index (χ0v) is 11.9. The molecule has 0 aliphatic carbocycles. The van der Waals surface area contributed by atoms with Crippen LogP contribution in [0.15, 0.2) is 60.7 Å². The van der Waals surface area contributed by atoms with Gasteiger partial charge in [0.25, 0.3) is 0 Å². The molecule has 0 fully saturated rings. The minimum absolute atomic E-state index is 0.944. The molecule has 0 saturated carbocycles. The van der Waals surface area contributed by atoms with Crippen LogP contribution in [0.2, 0.25) is 0 Å². The van der Waals surface area contributed by atoms with Gasteiger partial charge in [-0.05, 0) is 29.0 Å². The molecule has 20 heavy (non-hydrogen) atoms. The fourth-order valence-corrected chi connectivity index (χ4v) is 3.26. The summed E-state index contributed by atoms with van der Waals surface area (Å²) in [6.07, 6.45) is 0. The van der Waals surface area contributed by atoms with Gasteiger partial charge in [-0.3, -0.25) is 0 Å². The van der Waals surface area contributed by atoms with E-state index in [9.17, 15) is 0 Å². The highest BCUT2D eigenvalue weighted by Crippen LogP contribution is 2.28. The van der Waals surface area contributed by atoms with Gasteiger partial charge in [0.2, 0.25) is 0 Å². The quantitative estimate of drug-likeness (QED) is 0.315. The van der Waals surface area contributed by atoms with Gasteiger partial charge in [0.1, 0.15) is 0 Å². The summed E-state index contributed by atoms with van der Waals surface area (Å²) in [5, 5.41) is 4.79. The summed E-state index contributed by atoms with van der Waals surface area (Å²) < 4.78 is 3.17. The maximum Gasteiger partial charge on any atom is 0.0563 e. The lowest BCUT2D eigenvalue weighted by Crippen LogP contribution is -1.96. The van der Waals surface area contributed by atoms with Gasteiger partial charge in [0, 0.05) is 23.3 Å². The molecular weight excluding hydrogens is 262 g/mol. The smallest absolute Gasteiger partial charge is 0.0563 e. The van der Waals surface area contributed by atoms with Crippen LogP contribution in [-0.2, 0) is 7.05 Å². The van der Waals surface area contributed by atoms with Crippen molar-refractivity contribution in [2.75, 3.05) is 0 Å². The van der Waals surface area contributed by atoms with Crippen molar-refractivity contribution in [1.29, 1.82) is 0 Å². The molecule has 0 saturated heterocycles. The Hall–Kier alpha value is -2.19. The molecule has 0 N–H and O–H groups in total. The predicted octanol–water partition coefficient (Wildman–Crippen LogP) is 5.21. The summed E-state index contributed by atoms with van der Waals surface area (Å²) >= 11 is 5.70. The highest BCUT2D eigenvalue weighted by molar-refractivity contribution is 7.72. The van der Waals surface area contributed by atoms with E-state index in [1.54, 1.807) is 0 Å². The van der Waals surface area contributed by atoms with Crippen molar-refractivity contribution in [3.05, 3.63) is 65.2 Å². The number of nitrogens with zero attached hydrogens (tertiary/aromatic N) is 1. The molecule has 1 aromatic heterocycles. The van der Waals surface area contributed by atoms with E-state index in [1.807, 2.05) is 6.07 Å². The Morgan fingerprint density at radius 2 is 1.40 bits per heavy atom. The number of benzene rings is 3. The first-order chi connectivity index (χ1) is 9.75. The van der Waals surface area contributed by atoms with E-state index in [4.69, 9.17) is 12.2 Å². The molecule has 0 spiro atoms. The second-order valence-electron chi connectivity index (χ2n) is 5.12. The number of fused-ring (bicyclic) bond motifs is 3. The van der Waals surface area contributed by atoms with Gasteiger partial charge in [0.05, 0.1) is 10.0 Å². The Balaban J connectivity index is 2.35. The van der Waals surface area contributed by atoms with Gasteiger partial charge in [-0.25, -0.2) is 0 Å². The van der Waals surface area contributed by atoms with Crippen LogP contribution in [0.1, 0.15) is 0 Å². The van der Waals surface area contributed by atoms with Crippen molar-refractivity contribution >= 4 is 44.8 Å². The van der Waals surface area contributed by atoms with Crippen molar-refractivity contribution in [3.8, 4) is 0 Å². The lowest BCUT2D eigenvalue weighted by molar-refractivity contribution is 1.00. The average molecular weight is 275 g/mol. The van der Waals surface area contributed by atoms with Gasteiger partial charge >= 0.3 is 0 Å². The lowest BCUT2D eigenvalue weighted by atomic mass is 10.0. The number of hydrogen-bond acceptors (Lipinski definition) is 1. The Morgan fingerprint density at radius 1 is 0.750 bits per heavy atom. The van der Waals surface area contributed by atoms with Gasteiger partial charge < -0.3 is 4.57 Å². The average Bonchev–Trinajstić information content (AvgIpc) is 2.51. The second kappa shape index (κ2) is 4.15. The minimum atomic E-state index is 0.944. The summed E-state index contributed by atoms with van der Waals surface area (Å²) in [5.41, 5.74) is 2.37. The molecule has 0 amide bonds. The molecule has 1 nitrogen and oxygen atoms in total. The predicted molar refractivity (Wildman–Crippen MR) is 88.8 cm³/mol. The van der Waals surface area contributed by atoms with Crippen LogP contribution < -0.4 is 0 Å². The normalized spacial score (nSPS) is 11.4. The van der Waals surface area contributed by atoms with Gasteiger partial charge in [-0.1, -0.05) is 54.7 Å². The zero-order chi connectivity index (χ0) is 13.7. The number of aromatic nitrogens is 1. The largest absolute Gasteiger partial charge is 0.344 e. The van der Waals surface area contributed by atoms with E-state index in [0.717, 1.165) is 15.3 Å². The van der Waals surface area contributed by atoms with Crippen LogP contribution in [-0.4, -0.2) is 4.57 Å². The van der Waals surface area contributed by atoms with Crippen molar-refractivity contribution in [2.24, 2.45) is 7.05 Å². The van der Waals surface area contributed by atoms with Crippen molar-refractivity contribution in [2.45, 2.75) is 0 Å². The van der Waals surface area contributed by atoms with Crippen molar-refractivity contribution in [3.63, 3.8) is 0 Å². The maximum atomic E-state index is 5.70. The Kier molecular flexibility index (Phi) is 2.41. The molecule has 0 unspecified atom stereocenters. The summed E-state index contributed by atoms with van der Waals surface area (Å²) in [6.45, 7) is 0. The number of aryl methyl sites for hydroxylation is 1. The summed E-state index contributed by atoms with van der Waals surface area (Å²) in [4.78, 5) is 0. The van der Waals surface area contributed by atoms with E-state index < -0.39 is 0 Å². The monoisotopic (exact) mass is 275 g/mol. The third-order valence-corrected chi connectivity index (χ3v) is 4.42. The van der Waals surface area contributed by atoms with Crippen LogP contribution in [0.5, 0.6) is 0 Å². The first-order valence-corrected chi connectivity index (χ1v) is 7.07. The van der Waals surface area contributed by atoms with Crippen molar-refractivity contribution < 1.29 is 0 Å². The zero-order valence-electron chi connectivity index (χ0n) is 11.1. The van der Waals surface area contributed by atoms with Crippen LogP contribution in [0.3, 0.4) is 0 Å². The van der Waals surface area contributed by atoms with Crippen molar-refractivity contribution in [1.82, 2.24) is 4.57 Å². The molecule has 3 aromatic carbocycles. The van der Waals surface area contributed by atoms with Crippen LogP contribution >= 0.6 is 12.2 Å². The SMILES string of the molecule is Cn1c2ccccc2c(=S)c2cc3ccccc3cc21. The molecule has 0 radical (unpaired) electrons. The molecule has 4 aromatic rings. The lowest BCUT2D eigenvalue weighted by Gasteiger charge is -2.12. The maximum absolute atomic E-state index is 5.70. The summed E-state index contributed by atoms with van der Waals surface area (Å²) in [5.74, 6) is 0. The Labute approximate surface area is 122 Å². The third kappa shape index (κ3) is 1.52. The Morgan fingerprint density at radius 3 is 2.20 bits per heavy atom. The topological polar surface area (TPSA) is 4.93 Å². The molecular formula is C18H13NS. The standard InChI is InChI=1S/C18H13NS/c1-19-16-9-5-4-8-14(16)18(20)15-10-12-6-2-3-7-13(12)11-17(15)19/h2-11H,1H3. The number of para-hydroxylation sites is 1. The summed E-state index contributed by atoms with van der Waals surface area (Å²) in [7, 11) is 2.11. The van der Waals surface area contributed by atoms with E-state index in [0.29, 0.717) is 0 Å². The fraction of sp³-hybridized carbons (Fsp3) is 0.0556. The first kappa shape index (κ1) is 11.6. The number of hydrogen-bond donors (Lipinski definition) is 0. The first-order valence-electron chi connectivity index (χ1n) is 6.66. The van der Waals surface area contributed by atoms with E-state index >= 15 is 0 Å². The number of rotatable bonds is 0. The van der Waals surface area contributed by atoms with Crippen LogP contribution in [0, 0.1) is 4.51 Å². The molecule has 0 atom stereocenters. The van der Waals surface area contributed by atoms with Crippen LogP contribution in [0.25, 0.3) is 32.6 Å². The molecule has 2 heteroatoms. The van der Waals surface area contributed by atoms with Gasteiger partial charge in [-0.15, -0.1) is 0 Å². The Bertz CT molecular complexity index is 1030. The minimum Gasteiger partial charge on any atom is -0.344 e. The summed E-state index contributed by atoms with van der Waals surface area (Å²) in [6, 6.07) is 21.2. The third-order valence-electron chi connectivity index (χ3n) is 3.98. The molecule has 4 rings (SSSR count). The molecule has 96 valence electrons. The highest BCUT2D eigenvalue weighted by atomic mass is 32.1. The van der Waals surface area contributed by atoms with Gasteiger partial charge in [-0.2, -0.15) is 0 Å². The van der Waals surface area contributed by atoms with E-state index in [2.05, 4.69) is 66.2 Å². The van der Waals surface area contributed by atoms with Crippen LogP contribution in [0.4, 0.5) is 0 Å².